The van der Waals surface area contributed by atoms with Crippen LogP contribution < -0.4 is 5.32 Å². The van der Waals surface area contributed by atoms with Crippen molar-refractivity contribution < 1.29 is 4.79 Å². The summed E-state index contributed by atoms with van der Waals surface area (Å²) >= 11 is 1.56. The van der Waals surface area contributed by atoms with Gasteiger partial charge < -0.3 is 10.2 Å². The van der Waals surface area contributed by atoms with Gasteiger partial charge in [-0.05, 0) is 19.4 Å². The Hall–Kier alpha value is -1.72. The Morgan fingerprint density at radius 2 is 2.14 bits per heavy atom. The molecule has 1 N–H and O–H groups in total. The van der Waals surface area contributed by atoms with E-state index in [4.69, 9.17) is 0 Å². The number of carbonyl (C=O) groups excluding carboxylic acids is 1. The molecule has 0 spiro atoms. The lowest BCUT2D eigenvalue weighted by Crippen LogP contribution is -2.57. The third kappa shape index (κ3) is 3.20. The fraction of sp³-hybridized carbons (Fsp3) is 0.412. The SMILES string of the molecule is CC1NCCN(C(=O)c2csc(Cc3ccccc3)n2)C1C. The summed E-state index contributed by atoms with van der Waals surface area (Å²) in [6.45, 7) is 5.80. The number of nitrogens with one attached hydrogen (secondary N) is 1. The molecule has 5 heteroatoms. The standard InChI is InChI=1S/C17H21N3OS/c1-12-13(2)20(9-8-18-12)17(21)15-11-22-16(19-15)10-14-6-4-3-5-7-14/h3-7,11-13,18H,8-10H2,1-2H3. The molecule has 4 nitrogen and oxygen atoms in total. The fourth-order valence-corrected chi connectivity index (χ4v) is 3.55. The van der Waals surface area contributed by atoms with Crippen LogP contribution in [0.2, 0.25) is 0 Å². The van der Waals surface area contributed by atoms with E-state index in [0.29, 0.717) is 11.7 Å². The molecule has 3 rings (SSSR count). The Morgan fingerprint density at radius 3 is 2.91 bits per heavy atom. The van der Waals surface area contributed by atoms with Crippen LogP contribution in [0.25, 0.3) is 0 Å². The summed E-state index contributed by atoms with van der Waals surface area (Å²) in [7, 11) is 0. The molecular weight excluding hydrogens is 294 g/mol. The first-order chi connectivity index (χ1) is 10.6. The molecule has 1 aromatic carbocycles. The van der Waals surface area contributed by atoms with E-state index in [1.165, 1.54) is 5.56 Å². The monoisotopic (exact) mass is 315 g/mol. The van der Waals surface area contributed by atoms with Crippen LogP contribution in [0, 0.1) is 0 Å². The zero-order valence-electron chi connectivity index (χ0n) is 13.0. The van der Waals surface area contributed by atoms with Crippen molar-refractivity contribution in [2.75, 3.05) is 13.1 Å². The predicted octanol–water partition coefficient (Wildman–Crippen LogP) is 2.56. The molecule has 1 saturated heterocycles. The Bertz CT molecular complexity index is 640. The molecule has 2 unspecified atom stereocenters. The van der Waals surface area contributed by atoms with Crippen molar-refractivity contribution in [2.24, 2.45) is 0 Å². The second kappa shape index (κ2) is 6.58. The minimum atomic E-state index is 0.0522. The number of thiazole rings is 1. The van der Waals surface area contributed by atoms with Gasteiger partial charge in [-0.15, -0.1) is 11.3 Å². The minimum absolute atomic E-state index is 0.0522. The average Bonchev–Trinajstić information content (AvgIpc) is 2.99. The number of benzene rings is 1. The number of piperazine rings is 1. The van der Waals surface area contributed by atoms with E-state index in [9.17, 15) is 4.79 Å². The summed E-state index contributed by atoms with van der Waals surface area (Å²) < 4.78 is 0. The summed E-state index contributed by atoms with van der Waals surface area (Å²) in [6, 6.07) is 10.7. The fourth-order valence-electron chi connectivity index (χ4n) is 2.75. The van der Waals surface area contributed by atoms with Crippen molar-refractivity contribution in [3.8, 4) is 0 Å². The summed E-state index contributed by atoms with van der Waals surface area (Å²) in [5, 5.41) is 6.27. The van der Waals surface area contributed by atoms with Gasteiger partial charge in [-0.2, -0.15) is 0 Å². The van der Waals surface area contributed by atoms with Crippen molar-refractivity contribution in [1.29, 1.82) is 0 Å². The van der Waals surface area contributed by atoms with E-state index in [-0.39, 0.29) is 11.9 Å². The van der Waals surface area contributed by atoms with Crippen LogP contribution in [0.5, 0.6) is 0 Å². The van der Waals surface area contributed by atoms with Crippen molar-refractivity contribution in [3.63, 3.8) is 0 Å². The van der Waals surface area contributed by atoms with Crippen LogP contribution in [0.15, 0.2) is 35.7 Å². The molecule has 0 bridgehead atoms. The quantitative estimate of drug-likeness (QED) is 0.947. The number of carbonyl (C=O) groups is 1. The number of amides is 1. The maximum Gasteiger partial charge on any atom is 0.273 e. The molecule has 0 saturated carbocycles. The van der Waals surface area contributed by atoms with Gasteiger partial charge in [-0.3, -0.25) is 4.79 Å². The Labute approximate surface area is 135 Å². The Kier molecular flexibility index (Phi) is 4.55. The van der Waals surface area contributed by atoms with E-state index >= 15 is 0 Å². The van der Waals surface area contributed by atoms with Gasteiger partial charge in [-0.25, -0.2) is 4.98 Å². The second-order valence-electron chi connectivity index (χ2n) is 5.77. The van der Waals surface area contributed by atoms with Crippen LogP contribution in [0.1, 0.15) is 34.9 Å². The van der Waals surface area contributed by atoms with Gasteiger partial charge in [0.25, 0.3) is 5.91 Å². The largest absolute Gasteiger partial charge is 0.332 e. The lowest BCUT2D eigenvalue weighted by Gasteiger charge is -2.38. The van der Waals surface area contributed by atoms with Gasteiger partial charge in [-0.1, -0.05) is 30.3 Å². The third-order valence-corrected chi connectivity index (χ3v) is 5.11. The van der Waals surface area contributed by atoms with E-state index in [1.54, 1.807) is 11.3 Å². The molecule has 2 heterocycles. The molecule has 1 aliphatic rings. The maximum absolute atomic E-state index is 12.7. The highest BCUT2D eigenvalue weighted by atomic mass is 32.1. The number of hydrogen-bond acceptors (Lipinski definition) is 4. The van der Waals surface area contributed by atoms with Crippen molar-refractivity contribution in [1.82, 2.24) is 15.2 Å². The minimum Gasteiger partial charge on any atom is -0.332 e. The summed E-state index contributed by atoms with van der Waals surface area (Å²) in [5.41, 5.74) is 1.80. The molecule has 0 aliphatic carbocycles. The number of aromatic nitrogens is 1. The molecule has 1 aliphatic heterocycles. The lowest BCUT2D eigenvalue weighted by atomic mass is 10.1. The molecule has 0 radical (unpaired) electrons. The van der Waals surface area contributed by atoms with E-state index in [0.717, 1.165) is 24.5 Å². The van der Waals surface area contributed by atoms with Crippen LogP contribution in [0.4, 0.5) is 0 Å². The van der Waals surface area contributed by atoms with Gasteiger partial charge in [0.2, 0.25) is 0 Å². The van der Waals surface area contributed by atoms with Crippen LogP contribution >= 0.6 is 11.3 Å². The van der Waals surface area contributed by atoms with Gasteiger partial charge in [0.05, 0.1) is 5.01 Å². The zero-order valence-corrected chi connectivity index (χ0v) is 13.8. The molecule has 2 aromatic rings. The Balaban J connectivity index is 1.71. The highest BCUT2D eigenvalue weighted by Gasteiger charge is 2.29. The van der Waals surface area contributed by atoms with Gasteiger partial charge in [0, 0.05) is 37.0 Å². The molecular formula is C17H21N3OS. The smallest absolute Gasteiger partial charge is 0.273 e. The number of hydrogen-bond donors (Lipinski definition) is 1. The first-order valence-electron chi connectivity index (χ1n) is 7.68. The molecule has 116 valence electrons. The maximum atomic E-state index is 12.7. The molecule has 2 atom stereocenters. The normalized spacial score (nSPS) is 21.8. The van der Waals surface area contributed by atoms with Crippen molar-refractivity contribution in [3.05, 3.63) is 52.0 Å². The van der Waals surface area contributed by atoms with Crippen molar-refractivity contribution >= 4 is 17.2 Å². The van der Waals surface area contributed by atoms with Gasteiger partial charge in [0.1, 0.15) is 5.69 Å². The average molecular weight is 315 g/mol. The van der Waals surface area contributed by atoms with Crippen LogP contribution in [-0.2, 0) is 6.42 Å². The predicted molar refractivity (Wildman–Crippen MR) is 89.3 cm³/mol. The van der Waals surface area contributed by atoms with Crippen molar-refractivity contribution in [2.45, 2.75) is 32.4 Å². The first-order valence-corrected chi connectivity index (χ1v) is 8.56. The van der Waals surface area contributed by atoms with Gasteiger partial charge >= 0.3 is 0 Å². The first kappa shape index (κ1) is 15.2. The van der Waals surface area contributed by atoms with E-state index < -0.39 is 0 Å². The van der Waals surface area contributed by atoms with E-state index in [2.05, 4.69) is 36.3 Å². The van der Waals surface area contributed by atoms with Crippen LogP contribution in [0.3, 0.4) is 0 Å². The highest BCUT2D eigenvalue weighted by molar-refractivity contribution is 7.09. The number of rotatable bonds is 3. The third-order valence-electron chi connectivity index (χ3n) is 4.26. The number of nitrogens with zero attached hydrogens (tertiary/aromatic N) is 2. The summed E-state index contributed by atoms with van der Waals surface area (Å²) in [6.07, 6.45) is 0.784. The van der Waals surface area contributed by atoms with Crippen LogP contribution in [-0.4, -0.2) is 41.0 Å². The molecule has 1 aromatic heterocycles. The molecule has 1 fully saturated rings. The summed E-state index contributed by atoms with van der Waals surface area (Å²) in [4.78, 5) is 19.1. The zero-order chi connectivity index (χ0) is 15.5. The highest BCUT2D eigenvalue weighted by Crippen LogP contribution is 2.18. The Morgan fingerprint density at radius 1 is 1.36 bits per heavy atom. The molecule has 22 heavy (non-hydrogen) atoms. The summed E-state index contributed by atoms with van der Waals surface area (Å²) in [5.74, 6) is 0.0522. The second-order valence-corrected chi connectivity index (χ2v) is 6.71. The topological polar surface area (TPSA) is 45.2 Å². The lowest BCUT2D eigenvalue weighted by molar-refractivity contribution is 0.0597. The molecule has 1 amide bonds. The van der Waals surface area contributed by atoms with E-state index in [1.807, 2.05) is 28.5 Å². The van der Waals surface area contributed by atoms with Gasteiger partial charge in [0.15, 0.2) is 0 Å².